The number of rotatable bonds is 5. The van der Waals surface area contributed by atoms with Crippen molar-refractivity contribution >= 4 is 55.7 Å². The van der Waals surface area contributed by atoms with Gasteiger partial charge in [0.2, 0.25) is 5.17 Å². The number of amides is 1. The number of ether oxygens (including phenoxy) is 1. The average molecular weight is 536 g/mol. The molecule has 3 heterocycles. The number of aromatic nitrogens is 1. The van der Waals surface area contributed by atoms with Crippen LogP contribution in [0.4, 0.5) is 4.39 Å². The third kappa shape index (κ3) is 4.55. The van der Waals surface area contributed by atoms with Gasteiger partial charge < -0.3 is 4.74 Å². The summed E-state index contributed by atoms with van der Waals surface area (Å²) in [5.41, 5.74) is 2.45. The molecule has 1 aromatic heterocycles. The second-order valence-corrected chi connectivity index (χ2v) is 9.08. The molecular weight excluding hydrogens is 521 g/mol. The molecule has 0 atom stereocenters. The summed E-state index contributed by atoms with van der Waals surface area (Å²) in [5, 5.41) is 15.3. The van der Waals surface area contributed by atoms with E-state index in [0.29, 0.717) is 26.0 Å². The van der Waals surface area contributed by atoms with Crippen molar-refractivity contribution in [3.05, 3.63) is 99.5 Å². The highest BCUT2D eigenvalue weighted by Gasteiger charge is 2.36. The molecule has 3 aromatic rings. The number of nitrogens with one attached hydrogen (secondary N) is 1. The first-order valence-corrected chi connectivity index (χ1v) is 11.7. The third-order valence-electron chi connectivity index (χ3n) is 4.94. The Balaban J connectivity index is 1.35. The first-order chi connectivity index (χ1) is 16.5. The minimum atomic E-state index is -0.501. The Bertz CT molecular complexity index is 1390. The zero-order valence-corrected chi connectivity index (χ0v) is 19.8. The Morgan fingerprint density at radius 1 is 1.18 bits per heavy atom. The van der Waals surface area contributed by atoms with E-state index in [0.717, 1.165) is 11.1 Å². The van der Waals surface area contributed by atoms with Gasteiger partial charge in [0.15, 0.2) is 5.84 Å². The number of fused-ring (bicyclic) bond motifs is 1. The van der Waals surface area contributed by atoms with Crippen molar-refractivity contribution in [3.63, 3.8) is 0 Å². The van der Waals surface area contributed by atoms with Crippen molar-refractivity contribution in [2.75, 3.05) is 0 Å². The fourth-order valence-electron chi connectivity index (χ4n) is 3.23. The molecule has 0 fully saturated rings. The van der Waals surface area contributed by atoms with Gasteiger partial charge in [0, 0.05) is 18.0 Å². The summed E-state index contributed by atoms with van der Waals surface area (Å²) in [6.07, 6.45) is 4.93. The monoisotopic (exact) mass is 535 g/mol. The second kappa shape index (κ2) is 9.32. The summed E-state index contributed by atoms with van der Waals surface area (Å²) < 4.78 is 19.5. The maximum Gasteiger partial charge on any atom is 0.283 e. The van der Waals surface area contributed by atoms with Gasteiger partial charge in [0.05, 0.1) is 10.0 Å². The van der Waals surface area contributed by atoms with E-state index < -0.39 is 5.91 Å². The highest BCUT2D eigenvalue weighted by atomic mass is 79.9. The van der Waals surface area contributed by atoms with Crippen LogP contribution in [0.1, 0.15) is 16.7 Å². The van der Waals surface area contributed by atoms with E-state index in [1.165, 1.54) is 28.9 Å². The molecular formula is C24H15BrFN5O2S. The second-order valence-electron chi connectivity index (χ2n) is 7.27. The van der Waals surface area contributed by atoms with Crippen molar-refractivity contribution < 1.29 is 13.9 Å². The standard InChI is InChI=1S/C24H15BrFN5O2S/c25-19-11-15(5-8-20(19)33-13-14-3-6-17(26)7-4-14)10-18-21(27)31-24(29-22(18)32)34-23(30-31)16-2-1-9-28-12-16/h1-12,27H,13H2. The number of hydrogen-bond acceptors (Lipinski definition) is 6. The number of carbonyl (C=O) groups is 1. The molecule has 2 aliphatic rings. The van der Waals surface area contributed by atoms with Crippen molar-refractivity contribution in [2.24, 2.45) is 10.1 Å². The molecule has 34 heavy (non-hydrogen) atoms. The highest BCUT2D eigenvalue weighted by Crippen LogP contribution is 2.32. The Labute approximate surface area is 206 Å². The highest BCUT2D eigenvalue weighted by molar-refractivity contribution is 9.10. The summed E-state index contributed by atoms with van der Waals surface area (Å²) in [4.78, 5) is 20.9. The number of pyridine rings is 1. The van der Waals surface area contributed by atoms with Gasteiger partial charge in [0.25, 0.3) is 5.91 Å². The molecule has 168 valence electrons. The normalized spacial score (nSPS) is 16.4. The third-order valence-corrected chi connectivity index (χ3v) is 6.51. The lowest BCUT2D eigenvalue weighted by atomic mass is 10.1. The molecule has 10 heteroatoms. The van der Waals surface area contributed by atoms with Gasteiger partial charge in [-0.15, -0.1) is 0 Å². The minimum Gasteiger partial charge on any atom is -0.488 e. The number of thioether (sulfide) groups is 1. The van der Waals surface area contributed by atoms with Crippen LogP contribution in [0.25, 0.3) is 6.08 Å². The van der Waals surface area contributed by atoms with Gasteiger partial charge in [-0.25, -0.2) is 4.39 Å². The van der Waals surface area contributed by atoms with Gasteiger partial charge in [-0.05, 0) is 81.3 Å². The number of hydrazone groups is 1. The predicted octanol–water partition coefficient (Wildman–Crippen LogP) is 5.23. The average Bonchev–Trinajstić information content (AvgIpc) is 3.27. The van der Waals surface area contributed by atoms with Gasteiger partial charge in [-0.2, -0.15) is 15.1 Å². The number of carbonyl (C=O) groups excluding carboxylic acids is 1. The first-order valence-electron chi connectivity index (χ1n) is 10.1. The Morgan fingerprint density at radius 2 is 2.00 bits per heavy atom. The summed E-state index contributed by atoms with van der Waals surface area (Å²) in [6, 6.07) is 15.1. The van der Waals surface area contributed by atoms with E-state index in [9.17, 15) is 9.18 Å². The zero-order valence-electron chi connectivity index (χ0n) is 17.4. The molecule has 5 rings (SSSR count). The summed E-state index contributed by atoms with van der Waals surface area (Å²) in [5.74, 6) is -0.250. The van der Waals surface area contributed by atoms with Crippen molar-refractivity contribution in [3.8, 4) is 5.75 Å². The summed E-state index contributed by atoms with van der Waals surface area (Å²) in [6.45, 7) is 0.282. The first kappa shape index (κ1) is 22.2. The van der Waals surface area contributed by atoms with Crippen molar-refractivity contribution in [1.82, 2.24) is 9.99 Å². The van der Waals surface area contributed by atoms with E-state index in [1.54, 1.807) is 54.9 Å². The van der Waals surface area contributed by atoms with Gasteiger partial charge in [-0.1, -0.05) is 18.2 Å². The fraction of sp³-hybridized carbons (Fsp3) is 0.0417. The van der Waals surface area contributed by atoms with Crippen LogP contribution in [0.2, 0.25) is 0 Å². The van der Waals surface area contributed by atoms with Crippen LogP contribution in [0.3, 0.4) is 0 Å². The molecule has 0 saturated heterocycles. The van der Waals surface area contributed by atoms with Crippen LogP contribution >= 0.6 is 27.7 Å². The topological polar surface area (TPSA) is 91.0 Å². The van der Waals surface area contributed by atoms with Crippen LogP contribution in [0.15, 0.2) is 87.1 Å². The molecule has 2 aromatic carbocycles. The van der Waals surface area contributed by atoms with Gasteiger partial charge in [-0.3, -0.25) is 15.2 Å². The number of hydrogen-bond donors (Lipinski definition) is 1. The van der Waals surface area contributed by atoms with Crippen LogP contribution in [-0.2, 0) is 11.4 Å². The molecule has 0 radical (unpaired) electrons. The Hall–Kier alpha value is -3.63. The predicted molar refractivity (Wildman–Crippen MR) is 133 cm³/mol. The van der Waals surface area contributed by atoms with E-state index in [1.807, 2.05) is 6.07 Å². The number of amidine groups is 2. The molecule has 1 amide bonds. The maximum absolute atomic E-state index is 13.1. The van der Waals surface area contributed by atoms with E-state index in [4.69, 9.17) is 10.1 Å². The largest absolute Gasteiger partial charge is 0.488 e. The smallest absolute Gasteiger partial charge is 0.283 e. The Morgan fingerprint density at radius 3 is 2.74 bits per heavy atom. The SMILES string of the molecule is N=C1C(=Cc2ccc(OCc3ccc(F)cc3)c(Br)c2)C(=O)N=C2SC(c3cccnc3)=NN12. The van der Waals surface area contributed by atoms with E-state index in [2.05, 4.69) is 31.0 Å². The van der Waals surface area contributed by atoms with Gasteiger partial charge in [0.1, 0.15) is 23.2 Å². The van der Waals surface area contributed by atoms with Crippen LogP contribution < -0.4 is 4.74 Å². The lowest BCUT2D eigenvalue weighted by Gasteiger charge is -2.20. The molecule has 0 unspecified atom stereocenters. The Kier molecular flexibility index (Phi) is 6.08. The lowest BCUT2D eigenvalue weighted by molar-refractivity contribution is -0.114. The molecule has 0 bridgehead atoms. The maximum atomic E-state index is 13.1. The zero-order chi connectivity index (χ0) is 23.7. The van der Waals surface area contributed by atoms with E-state index >= 15 is 0 Å². The van der Waals surface area contributed by atoms with Crippen LogP contribution in [-0.4, -0.2) is 31.9 Å². The summed E-state index contributed by atoms with van der Waals surface area (Å²) >= 11 is 4.71. The van der Waals surface area contributed by atoms with Crippen molar-refractivity contribution in [1.29, 1.82) is 5.41 Å². The quantitative estimate of drug-likeness (QED) is 0.451. The van der Waals surface area contributed by atoms with Crippen LogP contribution in [0, 0.1) is 11.2 Å². The molecule has 7 nitrogen and oxygen atoms in total. The number of benzene rings is 2. The molecule has 0 aliphatic carbocycles. The molecule has 0 spiro atoms. The number of nitrogens with zero attached hydrogens (tertiary/aromatic N) is 4. The number of aliphatic imine (C=N–C) groups is 1. The lowest BCUT2D eigenvalue weighted by Crippen LogP contribution is -2.35. The van der Waals surface area contributed by atoms with E-state index in [-0.39, 0.29) is 23.8 Å². The van der Waals surface area contributed by atoms with Crippen molar-refractivity contribution in [2.45, 2.75) is 6.61 Å². The molecule has 1 N–H and O–H groups in total. The molecule has 0 saturated carbocycles. The molecule has 2 aliphatic heterocycles. The fourth-order valence-corrected chi connectivity index (χ4v) is 4.62. The summed E-state index contributed by atoms with van der Waals surface area (Å²) in [7, 11) is 0. The van der Waals surface area contributed by atoms with Gasteiger partial charge >= 0.3 is 0 Å². The number of halogens is 2. The van der Waals surface area contributed by atoms with Crippen LogP contribution in [0.5, 0.6) is 5.75 Å². The minimum absolute atomic E-state index is 0.0471.